The maximum Gasteiger partial charge on any atom is 0.0992 e. The highest BCUT2D eigenvalue weighted by Gasteiger charge is 2.06. The van der Waals surface area contributed by atoms with Crippen molar-refractivity contribution in [2.24, 2.45) is 0 Å². The van der Waals surface area contributed by atoms with E-state index < -0.39 is 0 Å². The lowest BCUT2D eigenvalue weighted by atomic mass is 10.2. The second kappa shape index (κ2) is 5.23. The summed E-state index contributed by atoms with van der Waals surface area (Å²) in [6.07, 6.45) is 1.03. The van der Waals surface area contributed by atoms with Crippen LogP contribution in [0.3, 0.4) is 0 Å². The summed E-state index contributed by atoms with van der Waals surface area (Å²) >= 11 is 9.38. The Bertz CT molecular complexity index is 348. The average Bonchev–Trinajstić information content (AvgIpc) is 2.16. The smallest absolute Gasteiger partial charge is 0.0992 e. The SMILES string of the molecule is CCCNc1c(Cl)cc(C#N)cc1Br. The Labute approximate surface area is 97.0 Å². The van der Waals surface area contributed by atoms with Gasteiger partial charge in [0.25, 0.3) is 0 Å². The Kier molecular flexibility index (Phi) is 4.24. The molecule has 0 amide bonds. The van der Waals surface area contributed by atoms with Gasteiger partial charge in [-0.3, -0.25) is 0 Å². The van der Waals surface area contributed by atoms with Gasteiger partial charge in [0.05, 0.1) is 22.3 Å². The quantitative estimate of drug-likeness (QED) is 0.909. The molecule has 14 heavy (non-hydrogen) atoms. The van der Waals surface area contributed by atoms with Gasteiger partial charge in [0, 0.05) is 11.0 Å². The predicted octanol–water partition coefficient (Wildman–Crippen LogP) is 3.80. The molecule has 4 heteroatoms. The molecule has 0 saturated heterocycles. The lowest BCUT2D eigenvalue weighted by Crippen LogP contribution is -2.01. The summed E-state index contributed by atoms with van der Waals surface area (Å²) in [6.45, 7) is 2.95. The van der Waals surface area contributed by atoms with Crippen LogP contribution in [-0.4, -0.2) is 6.54 Å². The number of hydrogen-bond acceptors (Lipinski definition) is 2. The molecule has 0 fully saturated rings. The van der Waals surface area contributed by atoms with E-state index in [1.54, 1.807) is 12.1 Å². The van der Waals surface area contributed by atoms with Gasteiger partial charge >= 0.3 is 0 Å². The predicted molar refractivity (Wildman–Crippen MR) is 62.6 cm³/mol. The van der Waals surface area contributed by atoms with E-state index in [-0.39, 0.29) is 0 Å². The van der Waals surface area contributed by atoms with Crippen molar-refractivity contribution in [3.05, 3.63) is 27.2 Å². The van der Waals surface area contributed by atoms with Crippen molar-refractivity contribution >= 4 is 33.2 Å². The molecule has 0 radical (unpaired) electrons. The van der Waals surface area contributed by atoms with Crippen molar-refractivity contribution in [2.45, 2.75) is 13.3 Å². The van der Waals surface area contributed by atoms with Crippen molar-refractivity contribution in [3.63, 3.8) is 0 Å². The fourth-order valence-electron chi connectivity index (χ4n) is 1.06. The minimum absolute atomic E-state index is 0.559. The van der Waals surface area contributed by atoms with Crippen LogP contribution < -0.4 is 5.32 Å². The molecule has 0 unspecified atom stereocenters. The summed E-state index contributed by atoms with van der Waals surface area (Å²) in [5.41, 5.74) is 1.41. The number of halogens is 2. The van der Waals surface area contributed by atoms with Crippen LogP contribution in [0.15, 0.2) is 16.6 Å². The van der Waals surface area contributed by atoms with Crippen molar-refractivity contribution in [2.75, 3.05) is 11.9 Å². The van der Waals surface area contributed by atoms with Crippen molar-refractivity contribution in [1.29, 1.82) is 5.26 Å². The highest BCUT2D eigenvalue weighted by Crippen LogP contribution is 2.31. The molecule has 0 spiro atoms. The molecule has 74 valence electrons. The summed E-state index contributed by atoms with van der Waals surface area (Å²) in [5.74, 6) is 0. The van der Waals surface area contributed by atoms with Crippen LogP contribution in [0.25, 0.3) is 0 Å². The molecule has 0 aliphatic carbocycles. The van der Waals surface area contributed by atoms with Crippen LogP contribution in [0.4, 0.5) is 5.69 Å². The fourth-order valence-corrected chi connectivity index (χ4v) is 2.06. The zero-order chi connectivity index (χ0) is 10.6. The van der Waals surface area contributed by atoms with Gasteiger partial charge in [-0.15, -0.1) is 0 Å². The standard InChI is InChI=1S/C10H10BrClN2/c1-2-3-14-10-8(11)4-7(6-13)5-9(10)12/h4-5,14H,2-3H2,1H3. The molecule has 0 aromatic heterocycles. The Morgan fingerprint density at radius 3 is 2.79 bits per heavy atom. The van der Waals surface area contributed by atoms with Crippen LogP contribution in [0.2, 0.25) is 5.02 Å². The van der Waals surface area contributed by atoms with Gasteiger partial charge in [-0.25, -0.2) is 0 Å². The molecule has 1 aromatic carbocycles. The number of nitriles is 1. The molecule has 1 aromatic rings. The lowest BCUT2D eigenvalue weighted by molar-refractivity contribution is 0.978. The second-order valence-electron chi connectivity index (χ2n) is 2.85. The molecular weight excluding hydrogens is 263 g/mol. The van der Waals surface area contributed by atoms with E-state index in [1.165, 1.54) is 0 Å². The van der Waals surface area contributed by atoms with E-state index in [1.807, 2.05) is 6.07 Å². The molecule has 0 bridgehead atoms. The third-order valence-corrected chi connectivity index (χ3v) is 2.65. The first kappa shape index (κ1) is 11.4. The molecular formula is C10H10BrClN2. The van der Waals surface area contributed by atoms with Gasteiger partial charge in [0.15, 0.2) is 0 Å². The summed E-state index contributed by atoms with van der Waals surface area (Å²) in [7, 11) is 0. The Hall–Kier alpha value is -0.720. The van der Waals surface area contributed by atoms with Crippen molar-refractivity contribution in [3.8, 4) is 6.07 Å². The van der Waals surface area contributed by atoms with Crippen LogP contribution in [0, 0.1) is 11.3 Å². The monoisotopic (exact) mass is 272 g/mol. The van der Waals surface area contributed by atoms with E-state index in [4.69, 9.17) is 16.9 Å². The van der Waals surface area contributed by atoms with Crippen LogP contribution in [0.1, 0.15) is 18.9 Å². The van der Waals surface area contributed by atoms with Gasteiger partial charge in [0.2, 0.25) is 0 Å². The van der Waals surface area contributed by atoms with Crippen LogP contribution in [-0.2, 0) is 0 Å². The average molecular weight is 274 g/mol. The molecule has 1 rings (SSSR count). The van der Waals surface area contributed by atoms with Crippen molar-refractivity contribution < 1.29 is 0 Å². The summed E-state index contributed by atoms with van der Waals surface area (Å²) in [6, 6.07) is 5.46. The summed E-state index contributed by atoms with van der Waals surface area (Å²) < 4.78 is 0.829. The van der Waals surface area contributed by atoms with Gasteiger partial charge in [-0.1, -0.05) is 18.5 Å². The maximum absolute atomic E-state index is 8.70. The van der Waals surface area contributed by atoms with E-state index in [2.05, 4.69) is 28.2 Å². The fraction of sp³-hybridized carbons (Fsp3) is 0.300. The molecule has 0 aliphatic heterocycles. The molecule has 0 saturated carbocycles. The third-order valence-electron chi connectivity index (χ3n) is 1.72. The maximum atomic E-state index is 8.70. The van der Waals surface area contributed by atoms with Crippen LogP contribution in [0.5, 0.6) is 0 Å². The molecule has 2 nitrogen and oxygen atoms in total. The molecule has 0 aliphatic rings. The van der Waals surface area contributed by atoms with Gasteiger partial charge in [-0.05, 0) is 34.5 Å². The van der Waals surface area contributed by atoms with E-state index >= 15 is 0 Å². The van der Waals surface area contributed by atoms with Gasteiger partial charge < -0.3 is 5.32 Å². The number of nitrogens with one attached hydrogen (secondary N) is 1. The van der Waals surface area contributed by atoms with Crippen LogP contribution >= 0.6 is 27.5 Å². The number of rotatable bonds is 3. The summed E-state index contributed by atoms with van der Waals surface area (Å²) in [4.78, 5) is 0. The molecule has 1 N–H and O–H groups in total. The number of anilines is 1. The minimum Gasteiger partial charge on any atom is -0.383 e. The van der Waals surface area contributed by atoms with E-state index in [0.717, 1.165) is 23.1 Å². The first-order chi connectivity index (χ1) is 6.69. The highest BCUT2D eigenvalue weighted by molar-refractivity contribution is 9.10. The Morgan fingerprint density at radius 1 is 1.57 bits per heavy atom. The largest absolute Gasteiger partial charge is 0.383 e. The Morgan fingerprint density at radius 2 is 2.29 bits per heavy atom. The van der Waals surface area contributed by atoms with E-state index in [0.29, 0.717) is 10.6 Å². The third kappa shape index (κ3) is 2.63. The molecule has 0 atom stereocenters. The number of hydrogen-bond donors (Lipinski definition) is 1. The van der Waals surface area contributed by atoms with Gasteiger partial charge in [-0.2, -0.15) is 5.26 Å². The zero-order valence-electron chi connectivity index (χ0n) is 7.77. The minimum atomic E-state index is 0.559. The van der Waals surface area contributed by atoms with Crippen molar-refractivity contribution in [1.82, 2.24) is 0 Å². The summed E-state index contributed by atoms with van der Waals surface area (Å²) in [5, 5.41) is 12.5. The first-order valence-corrected chi connectivity index (χ1v) is 5.49. The Balaban J connectivity index is 3.01. The van der Waals surface area contributed by atoms with Gasteiger partial charge in [0.1, 0.15) is 0 Å². The normalized spacial score (nSPS) is 9.57. The highest BCUT2D eigenvalue weighted by atomic mass is 79.9. The number of nitrogens with zero attached hydrogens (tertiary/aromatic N) is 1. The zero-order valence-corrected chi connectivity index (χ0v) is 10.1. The topological polar surface area (TPSA) is 35.8 Å². The molecule has 0 heterocycles. The first-order valence-electron chi connectivity index (χ1n) is 4.32. The second-order valence-corrected chi connectivity index (χ2v) is 4.12. The lowest BCUT2D eigenvalue weighted by Gasteiger charge is -2.09. The van der Waals surface area contributed by atoms with E-state index in [9.17, 15) is 0 Å². The number of benzene rings is 1.